The van der Waals surface area contributed by atoms with Crippen LogP contribution in [0.4, 0.5) is 13.2 Å². The Balaban J connectivity index is 1.98. The molecule has 0 radical (unpaired) electrons. The molecule has 0 spiro atoms. The zero-order chi connectivity index (χ0) is 14.6. The Morgan fingerprint density at radius 1 is 1.30 bits per heavy atom. The van der Waals surface area contributed by atoms with Crippen molar-refractivity contribution in [1.82, 2.24) is 15.5 Å². The minimum Gasteiger partial charge on any atom is -0.346 e. The van der Waals surface area contributed by atoms with Crippen LogP contribution in [-0.2, 0) is 4.79 Å². The molecule has 0 aliphatic rings. The number of nitrogens with zero attached hydrogens (tertiary/aromatic N) is 2. The van der Waals surface area contributed by atoms with Gasteiger partial charge in [-0.05, 0) is 0 Å². The largest absolute Gasteiger partial charge is 0.405 e. The van der Waals surface area contributed by atoms with Crippen LogP contribution in [0.5, 0.6) is 0 Å². The van der Waals surface area contributed by atoms with Gasteiger partial charge in [-0.3, -0.25) is 4.79 Å². The van der Waals surface area contributed by atoms with Gasteiger partial charge in [0.1, 0.15) is 11.6 Å². The first-order valence-corrected chi connectivity index (χ1v) is 6.61. The van der Waals surface area contributed by atoms with Crippen molar-refractivity contribution in [1.29, 1.82) is 0 Å². The number of aromatic nitrogens is 2. The van der Waals surface area contributed by atoms with E-state index in [1.54, 1.807) is 6.20 Å². The van der Waals surface area contributed by atoms with Gasteiger partial charge in [-0.15, -0.1) is 5.10 Å². The molecule has 0 saturated heterocycles. The maximum atomic E-state index is 11.9. The van der Waals surface area contributed by atoms with E-state index >= 15 is 0 Å². The summed E-state index contributed by atoms with van der Waals surface area (Å²) in [6, 6.07) is 7.32. The summed E-state index contributed by atoms with van der Waals surface area (Å²) < 4.78 is 35.8. The molecule has 0 unspecified atom stereocenters. The molecule has 8 heteroatoms. The number of fused-ring (bicyclic) bond motifs is 1. The number of carbonyl (C=O) groups is 1. The second kappa shape index (κ2) is 6.08. The summed E-state index contributed by atoms with van der Waals surface area (Å²) in [7, 11) is 0. The predicted octanol–water partition coefficient (Wildman–Crippen LogP) is 2.40. The lowest BCUT2D eigenvalue weighted by Gasteiger charge is -2.08. The van der Waals surface area contributed by atoms with Crippen molar-refractivity contribution in [3.05, 3.63) is 30.5 Å². The van der Waals surface area contributed by atoms with Crippen LogP contribution < -0.4 is 5.32 Å². The average molecular weight is 301 g/mol. The topological polar surface area (TPSA) is 54.9 Å². The van der Waals surface area contributed by atoms with Gasteiger partial charge in [-0.2, -0.15) is 18.3 Å². The molecule has 1 N–H and O–H groups in total. The number of hydrogen-bond donors (Lipinski definition) is 1. The average Bonchev–Trinajstić information content (AvgIpc) is 2.42. The molecule has 4 nitrogen and oxygen atoms in total. The lowest BCUT2D eigenvalue weighted by atomic mass is 10.2. The van der Waals surface area contributed by atoms with E-state index in [1.807, 2.05) is 29.6 Å². The van der Waals surface area contributed by atoms with Gasteiger partial charge in [0.2, 0.25) is 5.91 Å². The number of carbonyl (C=O) groups excluding carboxylic acids is 1. The van der Waals surface area contributed by atoms with Crippen LogP contribution >= 0.6 is 11.8 Å². The van der Waals surface area contributed by atoms with Crippen molar-refractivity contribution < 1.29 is 18.0 Å². The Morgan fingerprint density at radius 2 is 2.05 bits per heavy atom. The maximum absolute atomic E-state index is 11.9. The maximum Gasteiger partial charge on any atom is 0.405 e. The minimum absolute atomic E-state index is 0.140. The number of hydrogen-bond acceptors (Lipinski definition) is 4. The first-order chi connectivity index (χ1) is 9.46. The molecular formula is C12H10F3N3OS. The molecule has 1 aromatic carbocycles. The van der Waals surface area contributed by atoms with Crippen LogP contribution in [0, 0.1) is 0 Å². The van der Waals surface area contributed by atoms with E-state index < -0.39 is 18.6 Å². The number of nitrogens with one attached hydrogen (secondary N) is 1. The number of halogens is 3. The van der Waals surface area contributed by atoms with Gasteiger partial charge in [0.15, 0.2) is 0 Å². The summed E-state index contributed by atoms with van der Waals surface area (Å²) in [5.74, 6) is -0.833. The Kier molecular flexibility index (Phi) is 4.43. The molecule has 2 rings (SSSR count). The highest BCUT2D eigenvalue weighted by Crippen LogP contribution is 2.24. The monoisotopic (exact) mass is 301 g/mol. The van der Waals surface area contributed by atoms with Crippen molar-refractivity contribution in [2.45, 2.75) is 11.2 Å². The summed E-state index contributed by atoms with van der Waals surface area (Å²) >= 11 is 1.06. The molecule has 20 heavy (non-hydrogen) atoms. The molecule has 2 aromatic rings. The molecule has 0 aliphatic carbocycles. The van der Waals surface area contributed by atoms with Crippen LogP contribution in [0.2, 0.25) is 0 Å². The summed E-state index contributed by atoms with van der Waals surface area (Å²) in [5.41, 5.74) is 0. The fraction of sp³-hybridized carbons (Fsp3) is 0.250. The highest BCUT2D eigenvalue weighted by atomic mass is 32.2. The first-order valence-electron chi connectivity index (χ1n) is 5.62. The Morgan fingerprint density at radius 3 is 2.80 bits per heavy atom. The minimum atomic E-state index is -4.40. The Hall–Kier alpha value is -1.83. The fourth-order valence-corrected chi connectivity index (χ4v) is 2.31. The van der Waals surface area contributed by atoms with Crippen molar-refractivity contribution >= 4 is 28.4 Å². The Labute approximate surface area is 116 Å². The van der Waals surface area contributed by atoms with Crippen molar-refractivity contribution in [2.24, 2.45) is 0 Å². The van der Waals surface area contributed by atoms with E-state index in [2.05, 4.69) is 10.2 Å². The quantitative estimate of drug-likeness (QED) is 0.881. The number of amides is 1. The summed E-state index contributed by atoms with van der Waals surface area (Å²) in [5, 5.41) is 11.7. The zero-order valence-electron chi connectivity index (χ0n) is 10.1. The molecule has 1 aromatic heterocycles. The van der Waals surface area contributed by atoms with E-state index in [0.717, 1.165) is 22.5 Å². The van der Waals surface area contributed by atoms with Gasteiger partial charge in [-0.25, -0.2) is 0 Å². The molecule has 0 saturated carbocycles. The summed E-state index contributed by atoms with van der Waals surface area (Å²) in [4.78, 5) is 11.3. The van der Waals surface area contributed by atoms with Gasteiger partial charge in [0.05, 0.1) is 11.9 Å². The van der Waals surface area contributed by atoms with Gasteiger partial charge in [0, 0.05) is 10.8 Å². The van der Waals surface area contributed by atoms with Crippen molar-refractivity contribution in [3.63, 3.8) is 0 Å². The third kappa shape index (κ3) is 4.09. The number of benzene rings is 1. The normalized spacial score (nSPS) is 11.6. The first kappa shape index (κ1) is 14.6. The van der Waals surface area contributed by atoms with Gasteiger partial charge in [-0.1, -0.05) is 36.0 Å². The van der Waals surface area contributed by atoms with Gasteiger partial charge >= 0.3 is 6.18 Å². The summed E-state index contributed by atoms with van der Waals surface area (Å²) in [6.45, 7) is -1.33. The zero-order valence-corrected chi connectivity index (χ0v) is 11.0. The molecule has 1 heterocycles. The molecule has 0 atom stereocenters. The molecule has 106 valence electrons. The lowest BCUT2D eigenvalue weighted by molar-refractivity contribution is -0.136. The van der Waals surface area contributed by atoms with Crippen molar-refractivity contribution in [2.75, 3.05) is 12.3 Å². The molecule has 0 aliphatic heterocycles. The van der Waals surface area contributed by atoms with Crippen LogP contribution in [0.1, 0.15) is 0 Å². The van der Waals surface area contributed by atoms with E-state index in [1.165, 1.54) is 0 Å². The fourth-order valence-electron chi connectivity index (χ4n) is 1.49. The summed E-state index contributed by atoms with van der Waals surface area (Å²) in [6.07, 6.45) is -2.82. The molecule has 0 fully saturated rings. The molecule has 0 bridgehead atoms. The van der Waals surface area contributed by atoms with E-state index in [9.17, 15) is 18.0 Å². The molecular weight excluding hydrogens is 291 g/mol. The lowest BCUT2D eigenvalue weighted by Crippen LogP contribution is -2.34. The second-order valence-electron chi connectivity index (χ2n) is 3.92. The number of thioether (sulfide) groups is 1. The predicted molar refractivity (Wildman–Crippen MR) is 69.3 cm³/mol. The van der Waals surface area contributed by atoms with Crippen LogP contribution in [0.15, 0.2) is 35.5 Å². The van der Waals surface area contributed by atoms with E-state index in [-0.39, 0.29) is 5.75 Å². The second-order valence-corrected chi connectivity index (χ2v) is 4.88. The van der Waals surface area contributed by atoms with Crippen LogP contribution in [0.25, 0.3) is 10.8 Å². The standard InChI is InChI=1S/C12H10F3N3OS/c13-12(14,15)7-16-10(19)6-20-11-9-4-2-1-3-8(9)5-17-18-11/h1-5H,6-7H2,(H,16,19). The van der Waals surface area contributed by atoms with Gasteiger partial charge in [0.25, 0.3) is 0 Å². The van der Waals surface area contributed by atoms with E-state index in [0.29, 0.717) is 5.03 Å². The van der Waals surface area contributed by atoms with Crippen LogP contribution in [0.3, 0.4) is 0 Å². The number of alkyl halides is 3. The van der Waals surface area contributed by atoms with Crippen LogP contribution in [-0.4, -0.2) is 34.6 Å². The third-order valence-corrected chi connectivity index (χ3v) is 3.34. The highest BCUT2D eigenvalue weighted by molar-refractivity contribution is 8.00. The molecule has 1 amide bonds. The van der Waals surface area contributed by atoms with E-state index in [4.69, 9.17) is 0 Å². The smallest absolute Gasteiger partial charge is 0.346 e. The number of rotatable bonds is 4. The van der Waals surface area contributed by atoms with Gasteiger partial charge < -0.3 is 5.32 Å². The Bertz CT molecular complexity index is 613. The highest BCUT2D eigenvalue weighted by Gasteiger charge is 2.27. The third-order valence-electron chi connectivity index (χ3n) is 2.36. The SMILES string of the molecule is O=C(CSc1nncc2ccccc12)NCC(F)(F)F. The van der Waals surface area contributed by atoms with Crippen molar-refractivity contribution in [3.8, 4) is 0 Å².